The van der Waals surface area contributed by atoms with Gasteiger partial charge in [-0.25, -0.2) is 8.42 Å². The molecular weight excluding hydrogens is 288 g/mol. The van der Waals surface area contributed by atoms with Gasteiger partial charge in [-0.3, -0.25) is 9.78 Å². The Kier molecular flexibility index (Phi) is 4.66. The standard InChI is InChI=1S/C15H22N2O3S/c1-4-17(11(2)10-21(3,19)20)15(18)13-7-8-16-14(9-13)12-5-6-12/h7-9,11-12H,4-6,10H2,1-3H3/t11-/m0/s1. The van der Waals surface area contributed by atoms with Gasteiger partial charge in [0.25, 0.3) is 5.91 Å². The molecule has 21 heavy (non-hydrogen) atoms. The molecule has 1 fully saturated rings. The van der Waals surface area contributed by atoms with Gasteiger partial charge < -0.3 is 4.90 Å². The van der Waals surface area contributed by atoms with Crippen molar-refractivity contribution in [1.29, 1.82) is 0 Å². The highest BCUT2D eigenvalue weighted by molar-refractivity contribution is 7.90. The molecule has 1 aromatic heterocycles. The molecule has 0 unspecified atom stereocenters. The fraction of sp³-hybridized carbons (Fsp3) is 0.600. The Labute approximate surface area is 126 Å². The second-order valence-electron chi connectivity index (χ2n) is 5.78. The Morgan fingerprint density at radius 1 is 1.48 bits per heavy atom. The lowest BCUT2D eigenvalue weighted by atomic mass is 10.1. The number of hydrogen-bond acceptors (Lipinski definition) is 4. The fourth-order valence-electron chi connectivity index (χ4n) is 2.53. The molecule has 116 valence electrons. The lowest BCUT2D eigenvalue weighted by molar-refractivity contribution is 0.0719. The number of aromatic nitrogens is 1. The molecule has 1 heterocycles. The van der Waals surface area contributed by atoms with Crippen LogP contribution in [0.3, 0.4) is 0 Å². The van der Waals surface area contributed by atoms with Gasteiger partial charge in [0, 0.05) is 42.2 Å². The molecule has 1 aliphatic rings. The van der Waals surface area contributed by atoms with Gasteiger partial charge >= 0.3 is 0 Å². The van der Waals surface area contributed by atoms with E-state index in [2.05, 4.69) is 4.98 Å². The van der Waals surface area contributed by atoms with Crippen LogP contribution in [0.4, 0.5) is 0 Å². The Morgan fingerprint density at radius 2 is 2.14 bits per heavy atom. The van der Waals surface area contributed by atoms with Gasteiger partial charge in [-0.15, -0.1) is 0 Å². The Bertz CT molecular complexity index is 624. The summed E-state index contributed by atoms with van der Waals surface area (Å²) in [5.74, 6) is 0.340. The third-order valence-electron chi connectivity index (χ3n) is 3.70. The molecule has 1 amide bonds. The summed E-state index contributed by atoms with van der Waals surface area (Å²) in [6.45, 7) is 4.11. The van der Waals surface area contributed by atoms with E-state index in [1.54, 1.807) is 24.1 Å². The predicted molar refractivity (Wildman–Crippen MR) is 82.1 cm³/mol. The molecule has 5 nitrogen and oxygen atoms in total. The van der Waals surface area contributed by atoms with Crippen molar-refractivity contribution in [2.45, 2.75) is 38.6 Å². The maximum absolute atomic E-state index is 12.6. The molecule has 0 bridgehead atoms. The van der Waals surface area contributed by atoms with E-state index < -0.39 is 9.84 Å². The topological polar surface area (TPSA) is 67.3 Å². The average Bonchev–Trinajstić information content (AvgIpc) is 3.21. The van der Waals surface area contributed by atoms with E-state index in [0.29, 0.717) is 18.0 Å². The van der Waals surface area contributed by atoms with E-state index in [4.69, 9.17) is 0 Å². The van der Waals surface area contributed by atoms with Gasteiger partial charge in [0.2, 0.25) is 0 Å². The lowest BCUT2D eigenvalue weighted by Gasteiger charge is -2.27. The highest BCUT2D eigenvalue weighted by Crippen LogP contribution is 2.39. The highest BCUT2D eigenvalue weighted by atomic mass is 32.2. The van der Waals surface area contributed by atoms with Crippen LogP contribution in [0.15, 0.2) is 18.3 Å². The Balaban J connectivity index is 2.17. The van der Waals surface area contributed by atoms with E-state index in [9.17, 15) is 13.2 Å². The van der Waals surface area contributed by atoms with Crippen molar-refractivity contribution in [1.82, 2.24) is 9.88 Å². The van der Waals surface area contributed by atoms with Gasteiger partial charge in [-0.05, 0) is 38.8 Å². The molecule has 1 saturated carbocycles. The normalized spacial score (nSPS) is 16.5. The van der Waals surface area contributed by atoms with Crippen molar-refractivity contribution in [2.24, 2.45) is 0 Å². The van der Waals surface area contributed by atoms with E-state index in [1.807, 2.05) is 13.0 Å². The summed E-state index contributed by atoms with van der Waals surface area (Å²) in [5, 5.41) is 0. The minimum atomic E-state index is -3.11. The van der Waals surface area contributed by atoms with Gasteiger partial charge in [0.05, 0.1) is 5.75 Å². The Hall–Kier alpha value is -1.43. The first-order valence-electron chi connectivity index (χ1n) is 7.26. The van der Waals surface area contributed by atoms with E-state index >= 15 is 0 Å². The van der Waals surface area contributed by atoms with Crippen LogP contribution in [-0.4, -0.2) is 48.8 Å². The number of rotatable bonds is 6. The zero-order valence-electron chi connectivity index (χ0n) is 12.7. The number of nitrogens with zero attached hydrogens (tertiary/aromatic N) is 2. The zero-order chi connectivity index (χ0) is 15.6. The number of sulfone groups is 1. The van der Waals surface area contributed by atoms with Crippen molar-refractivity contribution < 1.29 is 13.2 Å². The van der Waals surface area contributed by atoms with Crippen molar-refractivity contribution in [3.63, 3.8) is 0 Å². The predicted octanol–water partition coefficient (Wildman–Crippen LogP) is 1.85. The van der Waals surface area contributed by atoms with Crippen molar-refractivity contribution >= 4 is 15.7 Å². The number of carbonyl (C=O) groups excluding carboxylic acids is 1. The molecular formula is C15H22N2O3S. The van der Waals surface area contributed by atoms with Crippen LogP contribution < -0.4 is 0 Å². The second kappa shape index (κ2) is 6.13. The molecule has 2 rings (SSSR count). The van der Waals surface area contributed by atoms with E-state index in [1.165, 1.54) is 6.26 Å². The van der Waals surface area contributed by atoms with Crippen LogP contribution in [0.2, 0.25) is 0 Å². The summed E-state index contributed by atoms with van der Waals surface area (Å²) in [4.78, 5) is 18.5. The van der Waals surface area contributed by atoms with Crippen molar-refractivity contribution in [2.75, 3.05) is 18.6 Å². The molecule has 0 aromatic carbocycles. The SMILES string of the molecule is CCN(C(=O)c1ccnc(C2CC2)c1)[C@@H](C)CS(C)(=O)=O. The maximum atomic E-state index is 12.6. The van der Waals surface area contributed by atoms with Crippen LogP contribution in [-0.2, 0) is 9.84 Å². The molecule has 1 aromatic rings. The Morgan fingerprint density at radius 3 is 2.67 bits per heavy atom. The zero-order valence-corrected chi connectivity index (χ0v) is 13.6. The molecule has 1 atom stereocenters. The monoisotopic (exact) mass is 310 g/mol. The number of carbonyl (C=O) groups is 1. The smallest absolute Gasteiger partial charge is 0.254 e. The molecule has 6 heteroatoms. The summed E-state index contributed by atoms with van der Waals surface area (Å²) in [6, 6.07) is 3.20. The van der Waals surface area contributed by atoms with E-state index in [0.717, 1.165) is 18.5 Å². The van der Waals surface area contributed by atoms with E-state index in [-0.39, 0.29) is 17.7 Å². The van der Waals surface area contributed by atoms with Gasteiger partial charge in [-0.2, -0.15) is 0 Å². The minimum absolute atomic E-state index is 0.0207. The first-order valence-corrected chi connectivity index (χ1v) is 9.32. The molecule has 0 saturated heterocycles. The molecule has 0 radical (unpaired) electrons. The van der Waals surface area contributed by atoms with Gasteiger partial charge in [0.1, 0.15) is 9.84 Å². The van der Waals surface area contributed by atoms with Gasteiger partial charge in [-0.1, -0.05) is 0 Å². The summed E-state index contributed by atoms with van der Waals surface area (Å²) in [6.07, 6.45) is 5.12. The first-order chi connectivity index (χ1) is 9.81. The molecule has 1 aliphatic carbocycles. The fourth-order valence-corrected chi connectivity index (χ4v) is 3.59. The van der Waals surface area contributed by atoms with Crippen LogP contribution in [0.25, 0.3) is 0 Å². The van der Waals surface area contributed by atoms with Gasteiger partial charge in [0.15, 0.2) is 0 Å². The molecule has 0 spiro atoms. The number of hydrogen-bond donors (Lipinski definition) is 0. The van der Waals surface area contributed by atoms with Crippen LogP contribution in [0.5, 0.6) is 0 Å². The van der Waals surface area contributed by atoms with Crippen LogP contribution in [0.1, 0.15) is 48.7 Å². The average molecular weight is 310 g/mol. The van der Waals surface area contributed by atoms with Crippen molar-refractivity contribution in [3.8, 4) is 0 Å². The maximum Gasteiger partial charge on any atom is 0.254 e. The van der Waals surface area contributed by atoms with Crippen LogP contribution >= 0.6 is 0 Å². The summed E-state index contributed by atoms with van der Waals surface area (Å²) < 4.78 is 22.8. The number of pyridine rings is 1. The first kappa shape index (κ1) is 15.9. The lowest BCUT2D eigenvalue weighted by Crippen LogP contribution is -2.42. The van der Waals surface area contributed by atoms with Crippen LogP contribution in [0, 0.1) is 0 Å². The third-order valence-corrected chi connectivity index (χ3v) is 4.79. The summed E-state index contributed by atoms with van der Waals surface area (Å²) in [7, 11) is -3.11. The minimum Gasteiger partial charge on any atom is -0.335 e. The highest BCUT2D eigenvalue weighted by Gasteiger charge is 2.27. The summed E-state index contributed by atoms with van der Waals surface area (Å²) >= 11 is 0. The molecule has 0 N–H and O–H groups in total. The largest absolute Gasteiger partial charge is 0.335 e. The molecule has 0 aliphatic heterocycles. The second-order valence-corrected chi connectivity index (χ2v) is 7.96. The van der Waals surface area contributed by atoms with Crippen molar-refractivity contribution in [3.05, 3.63) is 29.6 Å². The summed E-state index contributed by atoms with van der Waals surface area (Å²) in [5.41, 5.74) is 1.56. The quantitative estimate of drug-likeness (QED) is 0.804. The number of amides is 1. The third kappa shape index (κ3) is 4.27.